The number of benzene rings is 2. The molecule has 3 aromatic rings. The van der Waals surface area contributed by atoms with E-state index in [2.05, 4.69) is 41.0 Å². The summed E-state index contributed by atoms with van der Waals surface area (Å²) in [6.07, 6.45) is 2.50. The number of thiophene rings is 1. The van der Waals surface area contributed by atoms with E-state index < -0.39 is 0 Å². The molecule has 2 aromatic carbocycles. The van der Waals surface area contributed by atoms with Gasteiger partial charge >= 0.3 is 5.97 Å². The first kappa shape index (κ1) is 25.7. The summed E-state index contributed by atoms with van der Waals surface area (Å²) in [6, 6.07) is 18.5. The van der Waals surface area contributed by atoms with Crippen molar-refractivity contribution in [3.05, 3.63) is 75.5 Å². The van der Waals surface area contributed by atoms with Crippen molar-refractivity contribution < 1.29 is 19.0 Å². The molecule has 0 saturated carbocycles. The van der Waals surface area contributed by atoms with Gasteiger partial charge in [-0.15, -0.1) is 17.3 Å². The zero-order valence-electron chi connectivity index (χ0n) is 21.2. The Morgan fingerprint density at radius 1 is 1.11 bits per heavy atom. The Hall–Kier alpha value is -3.43. The van der Waals surface area contributed by atoms with Crippen molar-refractivity contribution in [3.8, 4) is 23.3 Å². The summed E-state index contributed by atoms with van der Waals surface area (Å²) in [7, 11) is 1.74. The molecule has 0 fully saturated rings. The number of para-hydroxylation sites is 1. The van der Waals surface area contributed by atoms with Crippen LogP contribution >= 0.6 is 11.3 Å². The molecule has 188 valence electrons. The number of carbonyl (C=O) groups is 1. The summed E-state index contributed by atoms with van der Waals surface area (Å²) in [5.41, 5.74) is 3.57. The quantitative estimate of drug-likeness (QED) is 0.238. The Morgan fingerprint density at radius 2 is 1.92 bits per heavy atom. The zero-order chi connectivity index (χ0) is 25.3. The largest absolute Gasteiger partial charge is 0.495 e. The van der Waals surface area contributed by atoms with Gasteiger partial charge in [0.25, 0.3) is 0 Å². The maximum absolute atomic E-state index is 11.9. The summed E-state index contributed by atoms with van der Waals surface area (Å²) in [5.74, 6) is 7.37. The topological polar surface area (TPSA) is 48.0 Å². The van der Waals surface area contributed by atoms with E-state index >= 15 is 0 Å². The number of esters is 1. The average molecular weight is 504 g/mol. The van der Waals surface area contributed by atoms with Crippen molar-refractivity contribution in [3.63, 3.8) is 0 Å². The van der Waals surface area contributed by atoms with Crippen molar-refractivity contribution in [1.82, 2.24) is 0 Å². The molecule has 2 heterocycles. The molecule has 0 N–H and O–H groups in total. The van der Waals surface area contributed by atoms with Gasteiger partial charge in [0, 0.05) is 16.3 Å². The number of nitrogens with zero attached hydrogens (tertiary/aromatic N) is 1. The summed E-state index contributed by atoms with van der Waals surface area (Å²) in [6.45, 7) is 6.39. The van der Waals surface area contributed by atoms with Gasteiger partial charge in [-0.25, -0.2) is 0 Å². The molecule has 1 aliphatic heterocycles. The summed E-state index contributed by atoms with van der Waals surface area (Å²) < 4.78 is 16.8. The number of carbonyl (C=O) groups excluding carboxylic acids is 1. The van der Waals surface area contributed by atoms with Crippen LogP contribution in [0.25, 0.3) is 0 Å². The van der Waals surface area contributed by atoms with Gasteiger partial charge in [-0.2, -0.15) is 0 Å². The molecule has 6 heteroatoms. The molecule has 0 aliphatic carbocycles. The molecule has 1 aliphatic rings. The lowest BCUT2D eigenvalue weighted by Crippen LogP contribution is -2.28. The van der Waals surface area contributed by atoms with E-state index in [4.69, 9.17) is 14.2 Å². The van der Waals surface area contributed by atoms with Crippen LogP contribution in [0.5, 0.6) is 11.5 Å². The lowest BCUT2D eigenvalue weighted by Gasteiger charge is -2.32. The van der Waals surface area contributed by atoms with Gasteiger partial charge < -0.3 is 19.1 Å². The maximum atomic E-state index is 11.9. The van der Waals surface area contributed by atoms with Gasteiger partial charge in [0.1, 0.15) is 18.1 Å². The minimum atomic E-state index is -0.231. The Morgan fingerprint density at radius 3 is 2.67 bits per heavy atom. The summed E-state index contributed by atoms with van der Waals surface area (Å²) in [5, 5.41) is 0. The highest BCUT2D eigenvalue weighted by Gasteiger charge is 2.21. The van der Waals surface area contributed by atoms with Crippen LogP contribution in [0.1, 0.15) is 53.5 Å². The van der Waals surface area contributed by atoms with E-state index in [1.165, 1.54) is 21.0 Å². The molecule has 4 rings (SSSR count). The fourth-order valence-corrected chi connectivity index (χ4v) is 5.51. The Labute approximate surface area is 218 Å². The summed E-state index contributed by atoms with van der Waals surface area (Å²) >= 11 is 1.78. The van der Waals surface area contributed by atoms with E-state index in [1.54, 1.807) is 25.4 Å². The van der Waals surface area contributed by atoms with E-state index in [0.29, 0.717) is 13.2 Å². The maximum Gasteiger partial charge on any atom is 0.307 e. The van der Waals surface area contributed by atoms with Gasteiger partial charge in [-0.3, -0.25) is 4.79 Å². The van der Waals surface area contributed by atoms with Crippen LogP contribution in [-0.4, -0.2) is 26.2 Å². The third kappa shape index (κ3) is 6.41. The Balaban J connectivity index is 1.35. The molecule has 0 amide bonds. The van der Waals surface area contributed by atoms with E-state index in [0.717, 1.165) is 43.0 Å². The van der Waals surface area contributed by atoms with Crippen LogP contribution in [0.2, 0.25) is 0 Å². The number of rotatable bonds is 10. The second kappa shape index (κ2) is 12.5. The second-order valence-corrected chi connectivity index (χ2v) is 9.93. The summed E-state index contributed by atoms with van der Waals surface area (Å²) in [4.78, 5) is 16.8. The SMILES string of the molecule is CC#C[C@@H](CC(=O)OCC)c1ccc(OCc2ccc(CN3CCCc4cccc(OC)c43)s2)cc1. The van der Waals surface area contributed by atoms with Gasteiger partial charge in [-0.05, 0) is 68.1 Å². The Bertz CT molecular complexity index is 1210. The third-order valence-electron chi connectivity index (χ3n) is 6.22. The molecule has 0 spiro atoms. The molecular formula is C30H33NO4S. The van der Waals surface area contributed by atoms with Crippen LogP contribution < -0.4 is 14.4 Å². The lowest BCUT2D eigenvalue weighted by molar-refractivity contribution is -0.143. The van der Waals surface area contributed by atoms with Crippen molar-refractivity contribution in [1.29, 1.82) is 0 Å². The first-order chi connectivity index (χ1) is 17.6. The standard InChI is InChI=1S/C30H33NO4S/c1-4-8-24(19-29(32)34-5-2)22-12-14-25(15-13-22)35-21-27-17-16-26(36-27)20-31-18-7-10-23-9-6-11-28(33-3)30(23)31/h6,9,11-17,24H,5,7,10,18-21H2,1-3H3/t24-/m0/s1. The number of hydrogen-bond donors (Lipinski definition) is 0. The van der Waals surface area contributed by atoms with Gasteiger partial charge in [0.05, 0.1) is 38.3 Å². The van der Waals surface area contributed by atoms with E-state index in [1.807, 2.05) is 37.3 Å². The fourth-order valence-electron chi connectivity index (χ4n) is 4.56. The van der Waals surface area contributed by atoms with Crippen LogP contribution in [0.4, 0.5) is 5.69 Å². The van der Waals surface area contributed by atoms with Crippen molar-refractivity contribution in [2.45, 2.75) is 52.2 Å². The van der Waals surface area contributed by atoms with Crippen LogP contribution in [-0.2, 0) is 29.1 Å². The molecule has 0 saturated heterocycles. The molecule has 5 nitrogen and oxygen atoms in total. The van der Waals surface area contributed by atoms with E-state index in [-0.39, 0.29) is 18.3 Å². The highest BCUT2D eigenvalue weighted by molar-refractivity contribution is 7.11. The molecule has 1 aromatic heterocycles. The van der Waals surface area contributed by atoms with Crippen molar-refractivity contribution in [2.24, 2.45) is 0 Å². The third-order valence-corrected chi connectivity index (χ3v) is 7.26. The molecule has 1 atom stereocenters. The second-order valence-electron chi connectivity index (χ2n) is 8.67. The number of fused-ring (bicyclic) bond motifs is 1. The predicted molar refractivity (Wildman–Crippen MR) is 145 cm³/mol. The van der Waals surface area contributed by atoms with Crippen LogP contribution in [0.15, 0.2) is 54.6 Å². The van der Waals surface area contributed by atoms with E-state index in [9.17, 15) is 4.79 Å². The molecule has 0 unspecified atom stereocenters. The van der Waals surface area contributed by atoms with Crippen LogP contribution in [0.3, 0.4) is 0 Å². The smallest absolute Gasteiger partial charge is 0.307 e. The molecule has 0 bridgehead atoms. The van der Waals surface area contributed by atoms with Gasteiger partial charge in [0.15, 0.2) is 0 Å². The lowest BCUT2D eigenvalue weighted by atomic mass is 9.96. The first-order valence-electron chi connectivity index (χ1n) is 12.4. The predicted octanol–water partition coefficient (Wildman–Crippen LogP) is 6.35. The first-order valence-corrected chi connectivity index (χ1v) is 13.2. The number of ether oxygens (including phenoxy) is 3. The van der Waals surface area contributed by atoms with Crippen molar-refractivity contribution >= 4 is 23.0 Å². The van der Waals surface area contributed by atoms with Gasteiger partial charge in [-0.1, -0.05) is 30.2 Å². The normalized spacial score (nSPS) is 13.2. The zero-order valence-corrected chi connectivity index (χ0v) is 22.0. The minimum absolute atomic E-state index is 0.179. The Kier molecular flexibility index (Phi) is 8.91. The molecule has 36 heavy (non-hydrogen) atoms. The molecular weight excluding hydrogens is 470 g/mol. The number of hydrogen-bond acceptors (Lipinski definition) is 6. The number of aryl methyl sites for hydroxylation is 1. The van der Waals surface area contributed by atoms with Gasteiger partial charge in [0.2, 0.25) is 0 Å². The highest BCUT2D eigenvalue weighted by atomic mass is 32.1. The average Bonchev–Trinajstić information content (AvgIpc) is 3.34. The molecule has 0 radical (unpaired) electrons. The highest BCUT2D eigenvalue weighted by Crippen LogP contribution is 2.37. The minimum Gasteiger partial charge on any atom is -0.495 e. The number of methoxy groups -OCH3 is 1. The van der Waals surface area contributed by atoms with Crippen LogP contribution in [0, 0.1) is 11.8 Å². The fraction of sp³-hybridized carbons (Fsp3) is 0.367. The number of anilines is 1. The monoisotopic (exact) mass is 503 g/mol. The van der Waals surface area contributed by atoms with Crippen molar-refractivity contribution in [2.75, 3.05) is 25.2 Å².